The second-order valence-corrected chi connectivity index (χ2v) is 9.09. The Labute approximate surface area is 205 Å². The molecule has 3 aromatic heterocycles. The van der Waals surface area contributed by atoms with E-state index in [1.54, 1.807) is 35.4 Å². The van der Waals surface area contributed by atoms with Gasteiger partial charge in [0.1, 0.15) is 11.3 Å². The van der Waals surface area contributed by atoms with Crippen molar-refractivity contribution in [3.05, 3.63) is 48.9 Å². The molecule has 184 valence electrons. The molecule has 4 heterocycles. The normalized spacial score (nSPS) is 16.9. The summed E-state index contributed by atoms with van der Waals surface area (Å²) in [4.78, 5) is 11.8. The number of morpholine rings is 1. The number of rotatable bonds is 7. The van der Waals surface area contributed by atoms with E-state index in [0.29, 0.717) is 42.5 Å². The second-order valence-electron chi connectivity index (χ2n) is 9.09. The lowest BCUT2D eigenvalue weighted by Crippen LogP contribution is -2.36. The molecule has 4 aromatic rings. The molecule has 0 unspecified atom stereocenters. The quantitative estimate of drug-likeness (QED) is 0.385. The highest BCUT2D eigenvalue weighted by Crippen LogP contribution is 2.47. The van der Waals surface area contributed by atoms with Crippen LogP contribution in [0.25, 0.3) is 28.2 Å². The molecule has 0 atom stereocenters. The standard InChI is InChI=1S/C25H23F2N7O2/c26-24(27)36-18-3-1-2-17(12-18)19-4-7-34(31-19)21-13-20(32-8-10-35-11-9-32)22-23(30-21)33(16-29-22)15-25(14-28)5-6-25/h1-4,7,12-13,16,24H,5-6,8-11,15H2. The molecule has 36 heavy (non-hydrogen) atoms. The molecule has 1 aromatic carbocycles. The number of pyridine rings is 1. The van der Waals surface area contributed by atoms with Crippen molar-refractivity contribution in [1.29, 1.82) is 5.26 Å². The van der Waals surface area contributed by atoms with Crippen molar-refractivity contribution in [2.45, 2.75) is 26.0 Å². The van der Waals surface area contributed by atoms with E-state index >= 15 is 0 Å². The van der Waals surface area contributed by atoms with Crippen molar-refractivity contribution >= 4 is 16.9 Å². The number of nitrogens with zero attached hydrogens (tertiary/aromatic N) is 7. The first-order chi connectivity index (χ1) is 17.5. The number of aromatic nitrogens is 5. The van der Waals surface area contributed by atoms with Gasteiger partial charge in [-0.2, -0.15) is 19.1 Å². The fourth-order valence-corrected chi connectivity index (χ4v) is 4.50. The summed E-state index contributed by atoms with van der Waals surface area (Å²) in [6, 6.07) is 12.6. The van der Waals surface area contributed by atoms with Crippen LogP contribution >= 0.6 is 0 Å². The summed E-state index contributed by atoms with van der Waals surface area (Å²) >= 11 is 0. The fourth-order valence-electron chi connectivity index (χ4n) is 4.50. The van der Waals surface area contributed by atoms with Gasteiger partial charge in [0.05, 0.1) is 42.4 Å². The maximum absolute atomic E-state index is 12.6. The minimum Gasteiger partial charge on any atom is -0.435 e. The van der Waals surface area contributed by atoms with E-state index in [1.165, 1.54) is 12.1 Å². The van der Waals surface area contributed by atoms with Crippen molar-refractivity contribution in [3.8, 4) is 28.9 Å². The van der Waals surface area contributed by atoms with Gasteiger partial charge in [-0.15, -0.1) is 0 Å². The van der Waals surface area contributed by atoms with Crippen molar-refractivity contribution in [2.24, 2.45) is 5.41 Å². The van der Waals surface area contributed by atoms with Gasteiger partial charge in [-0.3, -0.25) is 0 Å². The lowest BCUT2D eigenvalue weighted by molar-refractivity contribution is -0.0498. The van der Waals surface area contributed by atoms with Crippen LogP contribution in [-0.2, 0) is 11.3 Å². The van der Waals surface area contributed by atoms with E-state index in [4.69, 9.17) is 9.72 Å². The first-order valence-electron chi connectivity index (χ1n) is 11.7. The predicted octanol–water partition coefficient (Wildman–Crippen LogP) is 4.03. The Bertz CT molecular complexity index is 1450. The number of benzene rings is 1. The number of hydrogen-bond acceptors (Lipinski definition) is 7. The third-order valence-corrected chi connectivity index (χ3v) is 6.63. The monoisotopic (exact) mass is 491 g/mol. The highest BCUT2D eigenvalue weighted by atomic mass is 19.3. The van der Waals surface area contributed by atoms with E-state index in [9.17, 15) is 14.0 Å². The molecule has 0 radical (unpaired) electrons. The molecule has 0 spiro atoms. The molecular formula is C25H23F2N7O2. The number of fused-ring (bicyclic) bond motifs is 1. The third-order valence-electron chi connectivity index (χ3n) is 6.63. The minimum atomic E-state index is -2.90. The van der Waals surface area contributed by atoms with Gasteiger partial charge in [0.15, 0.2) is 11.5 Å². The van der Waals surface area contributed by atoms with Gasteiger partial charge < -0.3 is 18.9 Å². The first-order valence-corrected chi connectivity index (χ1v) is 11.7. The highest BCUT2D eigenvalue weighted by molar-refractivity contribution is 5.87. The summed E-state index contributed by atoms with van der Waals surface area (Å²) in [7, 11) is 0. The number of hydrogen-bond donors (Lipinski definition) is 0. The number of anilines is 1. The molecule has 11 heteroatoms. The zero-order valence-corrected chi connectivity index (χ0v) is 19.3. The van der Waals surface area contributed by atoms with Crippen molar-refractivity contribution in [2.75, 3.05) is 31.2 Å². The van der Waals surface area contributed by atoms with Crippen LogP contribution in [0.2, 0.25) is 0 Å². The third kappa shape index (κ3) is 4.24. The molecular weight excluding hydrogens is 468 g/mol. The van der Waals surface area contributed by atoms with E-state index in [2.05, 4.69) is 25.8 Å². The van der Waals surface area contributed by atoms with Gasteiger partial charge in [0, 0.05) is 37.5 Å². The first kappa shape index (κ1) is 22.4. The molecule has 0 N–H and O–H groups in total. The van der Waals surface area contributed by atoms with E-state index < -0.39 is 6.61 Å². The van der Waals surface area contributed by atoms with E-state index in [1.807, 2.05) is 10.6 Å². The molecule has 1 aliphatic heterocycles. The Morgan fingerprint density at radius 2 is 2.00 bits per heavy atom. The zero-order valence-electron chi connectivity index (χ0n) is 19.3. The maximum atomic E-state index is 12.6. The van der Waals surface area contributed by atoms with Crippen molar-refractivity contribution in [1.82, 2.24) is 24.3 Å². The summed E-state index contributed by atoms with van der Waals surface area (Å²) in [5, 5.41) is 14.3. The number of ether oxygens (including phenoxy) is 2. The van der Waals surface area contributed by atoms with Crippen LogP contribution in [0.5, 0.6) is 5.75 Å². The molecule has 1 aliphatic carbocycles. The topological polar surface area (TPSA) is 94.0 Å². The van der Waals surface area contributed by atoms with Crippen LogP contribution in [0.1, 0.15) is 12.8 Å². The minimum absolute atomic E-state index is 0.0709. The summed E-state index contributed by atoms with van der Waals surface area (Å²) in [6.07, 6.45) is 5.28. The zero-order chi connectivity index (χ0) is 24.7. The van der Waals surface area contributed by atoms with Gasteiger partial charge >= 0.3 is 6.61 Å². The van der Waals surface area contributed by atoms with Gasteiger partial charge in [0.2, 0.25) is 0 Å². The van der Waals surface area contributed by atoms with E-state index in [-0.39, 0.29) is 11.2 Å². The Hall–Kier alpha value is -4.04. The SMILES string of the molecule is N#CC1(Cn2cnc3c(N4CCOCC4)cc(-n4ccc(-c5cccc(OC(F)F)c5)n4)nc32)CC1. The summed E-state index contributed by atoms with van der Waals surface area (Å²) < 4.78 is 39.0. The largest absolute Gasteiger partial charge is 0.435 e. The van der Waals surface area contributed by atoms with Crippen molar-refractivity contribution < 1.29 is 18.3 Å². The molecule has 9 nitrogen and oxygen atoms in total. The fraction of sp³-hybridized carbons (Fsp3) is 0.360. The number of halogens is 2. The molecule has 6 rings (SSSR count). The Morgan fingerprint density at radius 3 is 2.75 bits per heavy atom. The van der Waals surface area contributed by atoms with Gasteiger partial charge in [0.25, 0.3) is 0 Å². The Balaban J connectivity index is 1.40. The summed E-state index contributed by atoms with van der Waals surface area (Å²) in [6.45, 7) is 0.359. The lowest BCUT2D eigenvalue weighted by Gasteiger charge is -2.29. The predicted molar refractivity (Wildman–Crippen MR) is 127 cm³/mol. The van der Waals surface area contributed by atoms with Crippen LogP contribution in [0, 0.1) is 16.7 Å². The van der Waals surface area contributed by atoms with Gasteiger partial charge in [-0.05, 0) is 31.0 Å². The van der Waals surface area contributed by atoms with Gasteiger partial charge in [-0.25, -0.2) is 14.6 Å². The van der Waals surface area contributed by atoms with Crippen LogP contribution in [0.4, 0.5) is 14.5 Å². The molecule has 2 aliphatic rings. The number of imidazole rings is 1. The molecule has 0 amide bonds. The molecule has 1 saturated carbocycles. The lowest BCUT2D eigenvalue weighted by atomic mass is 10.1. The van der Waals surface area contributed by atoms with Gasteiger partial charge in [-0.1, -0.05) is 12.1 Å². The Kier molecular flexibility index (Phi) is 5.53. The molecule has 2 fully saturated rings. The van der Waals surface area contributed by atoms with Crippen LogP contribution in [0.15, 0.2) is 48.9 Å². The van der Waals surface area contributed by atoms with Crippen LogP contribution in [-0.4, -0.2) is 57.2 Å². The number of nitriles is 1. The average molecular weight is 492 g/mol. The molecule has 1 saturated heterocycles. The Morgan fingerprint density at radius 1 is 1.17 bits per heavy atom. The van der Waals surface area contributed by atoms with Crippen molar-refractivity contribution in [3.63, 3.8) is 0 Å². The summed E-state index contributed by atoms with van der Waals surface area (Å²) in [5.41, 5.74) is 3.30. The maximum Gasteiger partial charge on any atom is 0.387 e. The number of alkyl halides is 2. The second kappa shape index (κ2) is 8.87. The van der Waals surface area contributed by atoms with Crippen LogP contribution in [0.3, 0.4) is 0 Å². The van der Waals surface area contributed by atoms with Crippen LogP contribution < -0.4 is 9.64 Å². The molecule has 0 bridgehead atoms. The summed E-state index contributed by atoms with van der Waals surface area (Å²) in [5.74, 6) is 0.667. The highest BCUT2D eigenvalue weighted by Gasteiger charge is 2.44. The average Bonchev–Trinajstić information content (AvgIpc) is 3.30. The van der Waals surface area contributed by atoms with E-state index in [0.717, 1.165) is 37.1 Å². The smallest absolute Gasteiger partial charge is 0.387 e.